The van der Waals surface area contributed by atoms with Crippen LogP contribution in [-0.2, 0) is 16.4 Å². The maximum atomic E-state index is 12.6. The van der Waals surface area contributed by atoms with E-state index in [9.17, 15) is 21.6 Å². The molecule has 8 heteroatoms. The Hall–Kier alpha value is -1.12. The predicted molar refractivity (Wildman–Crippen MR) is 65.6 cm³/mol. The van der Waals surface area contributed by atoms with E-state index in [0.29, 0.717) is 0 Å². The minimum atomic E-state index is -4.45. The van der Waals surface area contributed by atoms with Crippen molar-refractivity contribution in [3.8, 4) is 0 Å². The molecule has 0 amide bonds. The monoisotopic (exact) mass is 296 g/mol. The molecule has 0 saturated carbocycles. The lowest BCUT2D eigenvalue weighted by Gasteiger charge is -2.19. The van der Waals surface area contributed by atoms with Crippen molar-refractivity contribution in [3.05, 3.63) is 35.4 Å². The molecule has 0 heterocycles. The second-order valence-corrected chi connectivity index (χ2v) is 6.17. The van der Waals surface area contributed by atoms with Gasteiger partial charge in [0.1, 0.15) is 0 Å². The first-order valence-electron chi connectivity index (χ1n) is 5.41. The van der Waals surface area contributed by atoms with Crippen molar-refractivity contribution < 1.29 is 21.6 Å². The zero-order chi connectivity index (χ0) is 14.8. The van der Waals surface area contributed by atoms with Gasteiger partial charge in [0, 0.05) is 20.1 Å². The average molecular weight is 296 g/mol. The summed E-state index contributed by atoms with van der Waals surface area (Å²) in [4.78, 5) is 0. The van der Waals surface area contributed by atoms with Gasteiger partial charge in [-0.25, -0.2) is 0 Å². The van der Waals surface area contributed by atoms with Crippen LogP contribution >= 0.6 is 0 Å². The van der Waals surface area contributed by atoms with Crippen LogP contribution in [0.5, 0.6) is 0 Å². The molecule has 4 nitrogen and oxygen atoms in total. The lowest BCUT2D eigenvalue weighted by atomic mass is 10.1. The quantitative estimate of drug-likeness (QED) is 0.925. The van der Waals surface area contributed by atoms with Gasteiger partial charge in [0.15, 0.2) is 0 Å². The van der Waals surface area contributed by atoms with Crippen molar-refractivity contribution in [2.24, 2.45) is 0 Å². The topological polar surface area (TPSA) is 49.4 Å². The van der Waals surface area contributed by atoms with Crippen LogP contribution in [-0.4, -0.2) is 26.8 Å². The van der Waals surface area contributed by atoms with Gasteiger partial charge in [-0.2, -0.15) is 30.6 Å². The van der Waals surface area contributed by atoms with Crippen molar-refractivity contribution >= 4 is 10.2 Å². The van der Waals surface area contributed by atoms with Gasteiger partial charge in [0.2, 0.25) is 0 Å². The largest absolute Gasteiger partial charge is 0.416 e. The third-order valence-corrected chi connectivity index (χ3v) is 4.13. The Bertz CT molecular complexity index is 541. The number of hydrogen-bond acceptors (Lipinski definition) is 2. The normalized spacial score (nSPS) is 14.7. The van der Waals surface area contributed by atoms with Crippen molar-refractivity contribution in [1.82, 2.24) is 9.03 Å². The molecule has 0 spiro atoms. The third kappa shape index (κ3) is 4.19. The summed E-state index contributed by atoms with van der Waals surface area (Å²) in [5.41, 5.74) is -0.554. The van der Waals surface area contributed by atoms with Crippen molar-refractivity contribution in [3.63, 3.8) is 0 Å². The molecule has 1 unspecified atom stereocenters. The van der Waals surface area contributed by atoms with Gasteiger partial charge in [0.05, 0.1) is 5.56 Å². The fraction of sp³-hybridized carbons (Fsp3) is 0.455. The summed E-state index contributed by atoms with van der Waals surface area (Å²) in [5.74, 6) is 0. The minimum Gasteiger partial charge on any atom is -0.195 e. The molecule has 1 aromatic carbocycles. The summed E-state index contributed by atoms with van der Waals surface area (Å²) >= 11 is 0. The first-order valence-corrected chi connectivity index (χ1v) is 6.85. The SMILES string of the molecule is CC(NS(=O)(=O)N(C)C)c1cccc(C(F)(F)F)c1. The third-order valence-electron chi connectivity index (χ3n) is 2.52. The molecule has 0 radical (unpaired) electrons. The van der Waals surface area contributed by atoms with Gasteiger partial charge in [-0.3, -0.25) is 0 Å². The summed E-state index contributed by atoms with van der Waals surface area (Å²) in [7, 11) is -1.02. The molecule has 1 N–H and O–H groups in total. The Morgan fingerprint density at radius 1 is 1.26 bits per heavy atom. The minimum absolute atomic E-state index is 0.250. The van der Waals surface area contributed by atoms with Crippen LogP contribution in [0, 0.1) is 0 Å². The zero-order valence-corrected chi connectivity index (χ0v) is 11.5. The first kappa shape index (κ1) is 15.9. The molecule has 0 bridgehead atoms. The Labute approximate surface area is 110 Å². The van der Waals surface area contributed by atoms with E-state index < -0.39 is 28.0 Å². The van der Waals surface area contributed by atoms with Gasteiger partial charge >= 0.3 is 6.18 Å². The van der Waals surface area contributed by atoms with Crippen LogP contribution in [0.1, 0.15) is 24.1 Å². The Kier molecular flexibility index (Phi) is 4.59. The lowest BCUT2D eigenvalue weighted by Crippen LogP contribution is -2.37. The molecule has 1 atom stereocenters. The van der Waals surface area contributed by atoms with E-state index in [2.05, 4.69) is 4.72 Å². The summed E-state index contributed by atoms with van der Waals surface area (Å²) in [6, 6.07) is 3.81. The van der Waals surface area contributed by atoms with Crippen LogP contribution in [0.3, 0.4) is 0 Å². The van der Waals surface area contributed by atoms with E-state index in [1.165, 1.54) is 33.2 Å². The molecular formula is C11H15F3N2O2S. The molecule has 0 aliphatic heterocycles. The summed E-state index contributed by atoms with van der Waals surface area (Å²) < 4.78 is 64.1. The van der Waals surface area contributed by atoms with Crippen molar-refractivity contribution in [1.29, 1.82) is 0 Å². The molecule has 19 heavy (non-hydrogen) atoms. The van der Waals surface area contributed by atoms with Crippen LogP contribution in [0.15, 0.2) is 24.3 Å². The molecule has 1 rings (SSSR count). The van der Waals surface area contributed by atoms with Crippen LogP contribution in [0.4, 0.5) is 13.2 Å². The van der Waals surface area contributed by atoms with E-state index in [1.807, 2.05) is 0 Å². The van der Waals surface area contributed by atoms with Crippen LogP contribution in [0.25, 0.3) is 0 Å². The standard InChI is InChI=1S/C11H15F3N2O2S/c1-8(15-19(17,18)16(2)3)9-5-4-6-10(7-9)11(12,13)14/h4-8,15H,1-3H3. The van der Waals surface area contributed by atoms with E-state index in [4.69, 9.17) is 0 Å². The number of halogens is 3. The van der Waals surface area contributed by atoms with Crippen LogP contribution in [0.2, 0.25) is 0 Å². The summed E-state index contributed by atoms with van der Waals surface area (Å²) in [6.45, 7) is 1.48. The van der Waals surface area contributed by atoms with Gasteiger partial charge in [-0.15, -0.1) is 0 Å². The highest BCUT2D eigenvalue weighted by atomic mass is 32.2. The molecule has 0 aliphatic rings. The highest BCUT2D eigenvalue weighted by molar-refractivity contribution is 7.87. The molecular weight excluding hydrogens is 281 g/mol. The number of alkyl halides is 3. The zero-order valence-electron chi connectivity index (χ0n) is 10.7. The van der Waals surface area contributed by atoms with Crippen molar-refractivity contribution in [2.75, 3.05) is 14.1 Å². The molecule has 0 aliphatic carbocycles. The molecule has 108 valence electrons. The number of nitrogens with zero attached hydrogens (tertiary/aromatic N) is 1. The smallest absolute Gasteiger partial charge is 0.195 e. The maximum Gasteiger partial charge on any atom is 0.416 e. The van der Waals surface area contributed by atoms with E-state index in [-0.39, 0.29) is 5.56 Å². The fourth-order valence-electron chi connectivity index (χ4n) is 1.38. The Morgan fingerprint density at radius 2 is 1.84 bits per heavy atom. The van der Waals surface area contributed by atoms with Crippen molar-refractivity contribution in [2.45, 2.75) is 19.1 Å². The van der Waals surface area contributed by atoms with Gasteiger partial charge in [-0.05, 0) is 24.6 Å². The van der Waals surface area contributed by atoms with E-state index in [1.54, 1.807) is 0 Å². The Balaban J connectivity index is 2.99. The van der Waals surface area contributed by atoms with Gasteiger partial charge in [0.25, 0.3) is 10.2 Å². The van der Waals surface area contributed by atoms with E-state index in [0.717, 1.165) is 16.4 Å². The van der Waals surface area contributed by atoms with Gasteiger partial charge in [-0.1, -0.05) is 12.1 Å². The predicted octanol–water partition coefficient (Wildman–Crippen LogP) is 2.16. The molecule has 0 fully saturated rings. The number of benzene rings is 1. The summed E-state index contributed by atoms with van der Waals surface area (Å²) in [5, 5.41) is 0. The van der Waals surface area contributed by atoms with E-state index >= 15 is 0 Å². The maximum absolute atomic E-state index is 12.6. The molecule has 0 aromatic heterocycles. The summed E-state index contributed by atoms with van der Waals surface area (Å²) in [6.07, 6.45) is -4.45. The fourth-order valence-corrected chi connectivity index (χ4v) is 2.17. The van der Waals surface area contributed by atoms with Crippen LogP contribution < -0.4 is 4.72 Å². The second-order valence-electron chi connectivity index (χ2n) is 4.25. The van der Waals surface area contributed by atoms with Gasteiger partial charge < -0.3 is 0 Å². The Morgan fingerprint density at radius 3 is 2.32 bits per heavy atom. The number of rotatable bonds is 4. The highest BCUT2D eigenvalue weighted by Gasteiger charge is 2.31. The molecule has 0 saturated heterocycles. The number of nitrogens with one attached hydrogen (secondary N) is 1. The second kappa shape index (κ2) is 5.48. The average Bonchev–Trinajstić information content (AvgIpc) is 2.27. The molecule has 1 aromatic rings. The highest BCUT2D eigenvalue weighted by Crippen LogP contribution is 2.30. The first-order chi connectivity index (χ1) is 8.54. The lowest BCUT2D eigenvalue weighted by molar-refractivity contribution is -0.137. The number of hydrogen-bond donors (Lipinski definition) is 1.